The average Bonchev–Trinajstić information content (AvgIpc) is 1.99. The quantitative estimate of drug-likeness (QED) is 0.215. The second-order valence-electron chi connectivity index (χ2n) is 2.00. The fraction of sp³-hybridized carbons (Fsp3) is 0.714. The molecule has 0 radical (unpaired) electrons. The van der Waals surface area contributed by atoms with E-state index >= 15 is 0 Å². The van der Waals surface area contributed by atoms with E-state index in [2.05, 4.69) is 9.89 Å². The Morgan fingerprint density at radius 3 is 3.00 bits per heavy atom. The zero-order chi connectivity index (χ0) is 8.53. The molecule has 0 aliphatic carbocycles. The summed E-state index contributed by atoms with van der Waals surface area (Å²) in [5.74, 6) is -0.196. The van der Waals surface area contributed by atoms with E-state index in [1.54, 1.807) is 6.92 Å². The number of oxime groups is 1. The first-order chi connectivity index (χ1) is 5.31. The number of carbonyl (C=O) groups is 1. The molecule has 0 fully saturated rings. The molecule has 4 heteroatoms. The molecular formula is C7H13NO3. The van der Waals surface area contributed by atoms with E-state index < -0.39 is 0 Å². The Labute approximate surface area is 65.8 Å². The van der Waals surface area contributed by atoms with Crippen molar-refractivity contribution in [3.05, 3.63) is 0 Å². The van der Waals surface area contributed by atoms with Crippen molar-refractivity contribution in [1.29, 1.82) is 0 Å². The van der Waals surface area contributed by atoms with Crippen molar-refractivity contribution < 1.29 is 14.7 Å². The van der Waals surface area contributed by atoms with E-state index in [1.807, 2.05) is 0 Å². The number of unbranched alkanes of at least 4 members (excludes halogenated alkanes) is 1. The van der Waals surface area contributed by atoms with Gasteiger partial charge in [-0.05, 0) is 19.8 Å². The van der Waals surface area contributed by atoms with Crippen LogP contribution in [0.5, 0.6) is 0 Å². The highest BCUT2D eigenvalue weighted by Gasteiger charge is 1.98. The van der Waals surface area contributed by atoms with E-state index in [0.29, 0.717) is 25.9 Å². The topological polar surface area (TPSA) is 58.9 Å². The van der Waals surface area contributed by atoms with Crippen molar-refractivity contribution in [2.24, 2.45) is 5.16 Å². The van der Waals surface area contributed by atoms with Gasteiger partial charge >= 0.3 is 5.97 Å². The maximum absolute atomic E-state index is 10.7. The Bertz CT molecular complexity index is 134. The van der Waals surface area contributed by atoms with Crippen molar-refractivity contribution in [3.8, 4) is 0 Å². The summed E-state index contributed by atoms with van der Waals surface area (Å²) < 4.78 is 4.68. The van der Waals surface area contributed by atoms with Crippen molar-refractivity contribution in [2.45, 2.75) is 26.2 Å². The Morgan fingerprint density at radius 2 is 2.45 bits per heavy atom. The predicted molar refractivity (Wildman–Crippen MR) is 40.8 cm³/mol. The molecule has 0 aliphatic heterocycles. The van der Waals surface area contributed by atoms with Crippen LogP contribution in [0.25, 0.3) is 0 Å². The van der Waals surface area contributed by atoms with Crippen LogP contribution in [0.2, 0.25) is 0 Å². The van der Waals surface area contributed by atoms with Gasteiger partial charge in [-0.25, -0.2) is 0 Å². The van der Waals surface area contributed by atoms with E-state index in [9.17, 15) is 4.79 Å². The summed E-state index contributed by atoms with van der Waals surface area (Å²) in [7, 11) is 0. The number of hydrogen-bond acceptors (Lipinski definition) is 4. The van der Waals surface area contributed by atoms with Gasteiger partial charge in [0.2, 0.25) is 0 Å². The molecular weight excluding hydrogens is 146 g/mol. The Kier molecular flexibility index (Phi) is 6.37. The molecule has 0 atom stereocenters. The van der Waals surface area contributed by atoms with Crippen molar-refractivity contribution in [2.75, 3.05) is 6.61 Å². The maximum atomic E-state index is 10.7. The maximum Gasteiger partial charge on any atom is 0.305 e. The first-order valence-corrected chi connectivity index (χ1v) is 3.62. The normalized spacial score (nSPS) is 10.3. The van der Waals surface area contributed by atoms with Crippen LogP contribution < -0.4 is 0 Å². The van der Waals surface area contributed by atoms with Crippen LogP contribution in [0.3, 0.4) is 0 Å². The van der Waals surface area contributed by atoms with Crippen molar-refractivity contribution >= 4 is 12.2 Å². The molecule has 64 valence electrons. The minimum atomic E-state index is -0.196. The van der Waals surface area contributed by atoms with E-state index in [4.69, 9.17) is 5.21 Å². The molecule has 11 heavy (non-hydrogen) atoms. The highest BCUT2D eigenvalue weighted by atomic mass is 16.5. The summed E-state index contributed by atoms with van der Waals surface area (Å²) in [5.41, 5.74) is 0. The SMILES string of the molecule is CCOC(=O)CCCC=NO. The zero-order valence-corrected chi connectivity index (χ0v) is 6.62. The van der Waals surface area contributed by atoms with Crippen LogP contribution in [0.4, 0.5) is 0 Å². The lowest BCUT2D eigenvalue weighted by atomic mass is 10.2. The fourth-order valence-corrected chi connectivity index (χ4v) is 0.629. The third-order valence-corrected chi connectivity index (χ3v) is 1.10. The van der Waals surface area contributed by atoms with Gasteiger partial charge < -0.3 is 9.94 Å². The Balaban J connectivity index is 3.17. The van der Waals surface area contributed by atoms with Gasteiger partial charge in [0.15, 0.2) is 0 Å². The lowest BCUT2D eigenvalue weighted by Gasteiger charge is -1.98. The molecule has 0 rings (SSSR count). The number of rotatable bonds is 5. The van der Waals surface area contributed by atoms with Gasteiger partial charge in [-0.3, -0.25) is 4.79 Å². The molecule has 0 saturated heterocycles. The minimum Gasteiger partial charge on any atom is -0.466 e. The number of ether oxygens (including phenoxy) is 1. The molecule has 0 aromatic heterocycles. The number of esters is 1. The van der Waals surface area contributed by atoms with Gasteiger partial charge in [0.25, 0.3) is 0 Å². The summed E-state index contributed by atoms with van der Waals surface area (Å²) in [6.07, 6.45) is 3.03. The molecule has 0 aliphatic rings. The molecule has 0 spiro atoms. The van der Waals surface area contributed by atoms with Crippen LogP contribution in [0.1, 0.15) is 26.2 Å². The number of hydrogen-bond donors (Lipinski definition) is 1. The summed E-state index contributed by atoms with van der Waals surface area (Å²) in [6, 6.07) is 0. The second-order valence-corrected chi connectivity index (χ2v) is 2.00. The van der Waals surface area contributed by atoms with Crippen LogP contribution in [-0.2, 0) is 9.53 Å². The zero-order valence-electron chi connectivity index (χ0n) is 6.62. The largest absolute Gasteiger partial charge is 0.466 e. The molecule has 0 saturated carbocycles. The number of carbonyl (C=O) groups excluding carboxylic acids is 1. The van der Waals surface area contributed by atoms with Gasteiger partial charge in [0.1, 0.15) is 0 Å². The highest BCUT2D eigenvalue weighted by molar-refractivity contribution is 5.69. The molecule has 0 aromatic rings. The van der Waals surface area contributed by atoms with Gasteiger partial charge in [0.05, 0.1) is 6.61 Å². The lowest BCUT2D eigenvalue weighted by molar-refractivity contribution is -0.143. The molecule has 0 bridgehead atoms. The third kappa shape index (κ3) is 6.83. The van der Waals surface area contributed by atoms with E-state index in [1.165, 1.54) is 6.21 Å². The van der Waals surface area contributed by atoms with Crippen molar-refractivity contribution in [1.82, 2.24) is 0 Å². The molecule has 0 heterocycles. The van der Waals surface area contributed by atoms with Crippen LogP contribution in [0.15, 0.2) is 5.16 Å². The smallest absolute Gasteiger partial charge is 0.305 e. The van der Waals surface area contributed by atoms with Gasteiger partial charge in [-0.15, -0.1) is 5.16 Å². The van der Waals surface area contributed by atoms with Crippen molar-refractivity contribution in [3.63, 3.8) is 0 Å². The fourth-order valence-electron chi connectivity index (χ4n) is 0.629. The van der Waals surface area contributed by atoms with Crippen LogP contribution in [0, 0.1) is 0 Å². The Morgan fingerprint density at radius 1 is 1.73 bits per heavy atom. The minimum absolute atomic E-state index is 0.196. The summed E-state index contributed by atoms with van der Waals surface area (Å²) in [5, 5.41) is 10.8. The lowest BCUT2D eigenvalue weighted by Crippen LogP contribution is -2.03. The first-order valence-electron chi connectivity index (χ1n) is 3.62. The van der Waals surface area contributed by atoms with Gasteiger partial charge in [-0.1, -0.05) is 0 Å². The summed E-state index contributed by atoms with van der Waals surface area (Å²) in [4.78, 5) is 10.7. The van der Waals surface area contributed by atoms with Gasteiger partial charge in [-0.2, -0.15) is 0 Å². The van der Waals surface area contributed by atoms with Crippen LogP contribution in [-0.4, -0.2) is 24.0 Å². The second kappa shape index (κ2) is 7.05. The Hall–Kier alpha value is -1.06. The highest BCUT2D eigenvalue weighted by Crippen LogP contribution is 1.95. The molecule has 0 amide bonds. The van der Waals surface area contributed by atoms with E-state index in [-0.39, 0.29) is 5.97 Å². The average molecular weight is 159 g/mol. The number of nitrogens with zero attached hydrogens (tertiary/aromatic N) is 1. The van der Waals surface area contributed by atoms with E-state index in [0.717, 1.165) is 0 Å². The standard InChI is InChI=1S/C7H13NO3/c1-2-11-7(9)5-3-4-6-8-10/h6,10H,2-5H2,1H3. The molecule has 1 N–H and O–H groups in total. The molecule has 0 unspecified atom stereocenters. The first kappa shape index (κ1) is 9.94. The monoisotopic (exact) mass is 159 g/mol. The van der Waals surface area contributed by atoms with Crippen LogP contribution >= 0.6 is 0 Å². The third-order valence-electron chi connectivity index (χ3n) is 1.10. The predicted octanol–water partition coefficient (Wildman–Crippen LogP) is 1.18. The summed E-state index contributed by atoms with van der Waals surface area (Å²) in [6.45, 7) is 2.19. The molecule has 4 nitrogen and oxygen atoms in total. The molecule has 0 aromatic carbocycles. The summed E-state index contributed by atoms with van der Waals surface area (Å²) >= 11 is 0. The van der Waals surface area contributed by atoms with Gasteiger partial charge in [0, 0.05) is 12.6 Å².